The molecule has 0 saturated heterocycles. The molecule has 146 valence electrons. The summed E-state index contributed by atoms with van der Waals surface area (Å²) >= 11 is -1.35. The average Bonchev–Trinajstić information content (AvgIpc) is 2.80. The summed E-state index contributed by atoms with van der Waals surface area (Å²) < 4.78 is 58.9. The molecule has 0 radical (unpaired) electrons. The van der Waals surface area contributed by atoms with Crippen LogP contribution in [0.5, 0.6) is 5.75 Å². The molecule has 1 heterocycles. The molecule has 0 saturated carbocycles. The fourth-order valence-corrected chi connectivity index (χ4v) is 4.35. The number of unbranched alkanes of at least 4 members (excludes halogenated alkanes) is 2. The number of hydrogen-bond donors (Lipinski definition) is 0. The van der Waals surface area contributed by atoms with Crippen molar-refractivity contribution < 1.29 is 22.5 Å². The Bertz CT molecular complexity index is 765. The monoisotopic (exact) mass is 397 g/mol. The first-order valence-electron chi connectivity index (χ1n) is 9.01. The van der Waals surface area contributed by atoms with E-state index in [4.69, 9.17) is 4.74 Å². The van der Waals surface area contributed by atoms with Crippen molar-refractivity contribution in [2.75, 3.05) is 19.7 Å². The molecule has 27 heavy (non-hydrogen) atoms. The average molecular weight is 397 g/mol. The molecule has 1 atom stereocenters. The number of rotatable bonds is 5. The Morgan fingerprint density at radius 1 is 1.07 bits per heavy atom. The number of nitrogens with zero attached hydrogens (tertiary/aromatic N) is 1. The zero-order chi connectivity index (χ0) is 19.4. The highest BCUT2D eigenvalue weighted by atomic mass is 32.2. The maximum absolute atomic E-state index is 13.0. The molecule has 0 aliphatic carbocycles. The SMILES string of the molecule is CCCCCN1CCOc2ccc(-c3ccc(C(F)(F)F)cc3)cc2[S+]1[O-]. The van der Waals surface area contributed by atoms with E-state index in [1.54, 1.807) is 18.2 Å². The molecular weight excluding hydrogens is 375 g/mol. The van der Waals surface area contributed by atoms with E-state index in [0.717, 1.165) is 43.5 Å². The van der Waals surface area contributed by atoms with E-state index in [-0.39, 0.29) is 0 Å². The van der Waals surface area contributed by atoms with Crippen LogP contribution in [0.25, 0.3) is 11.1 Å². The lowest BCUT2D eigenvalue weighted by Gasteiger charge is -2.21. The Kier molecular flexibility index (Phi) is 6.34. The number of alkyl halides is 3. The Hall–Kier alpha value is -1.70. The highest BCUT2D eigenvalue weighted by Gasteiger charge is 2.31. The Balaban J connectivity index is 1.85. The molecule has 7 heteroatoms. The van der Waals surface area contributed by atoms with Crippen molar-refractivity contribution in [3.05, 3.63) is 48.0 Å². The quantitative estimate of drug-likeness (QED) is 0.509. The molecule has 0 N–H and O–H groups in total. The zero-order valence-corrected chi connectivity index (χ0v) is 15.9. The van der Waals surface area contributed by atoms with Crippen LogP contribution in [0, 0.1) is 0 Å². The van der Waals surface area contributed by atoms with Crippen molar-refractivity contribution >= 4 is 11.4 Å². The third-order valence-electron chi connectivity index (χ3n) is 4.52. The van der Waals surface area contributed by atoms with Crippen LogP contribution in [0.15, 0.2) is 47.4 Å². The van der Waals surface area contributed by atoms with Crippen LogP contribution in [-0.4, -0.2) is 28.6 Å². The van der Waals surface area contributed by atoms with Crippen molar-refractivity contribution in [3.8, 4) is 16.9 Å². The Labute approximate surface area is 160 Å². The summed E-state index contributed by atoms with van der Waals surface area (Å²) in [5.74, 6) is 0.571. The fraction of sp³-hybridized carbons (Fsp3) is 0.400. The van der Waals surface area contributed by atoms with E-state index in [0.29, 0.717) is 29.4 Å². The summed E-state index contributed by atoms with van der Waals surface area (Å²) in [7, 11) is 0. The first-order valence-corrected chi connectivity index (χ1v) is 10.1. The predicted octanol–water partition coefficient (Wildman–Crippen LogP) is 5.28. The lowest BCUT2D eigenvalue weighted by molar-refractivity contribution is -0.137. The number of halogens is 3. The Morgan fingerprint density at radius 3 is 2.44 bits per heavy atom. The van der Waals surface area contributed by atoms with Gasteiger partial charge in [-0.2, -0.15) is 13.2 Å². The van der Waals surface area contributed by atoms with Gasteiger partial charge in [0.2, 0.25) is 4.90 Å². The smallest absolute Gasteiger partial charge is 0.416 e. The normalized spacial score (nSPS) is 17.9. The van der Waals surface area contributed by atoms with Crippen LogP contribution in [0.3, 0.4) is 0 Å². The first kappa shape index (κ1) is 20.0. The van der Waals surface area contributed by atoms with Gasteiger partial charge in [0.15, 0.2) is 5.75 Å². The highest BCUT2D eigenvalue weighted by Crippen LogP contribution is 2.35. The minimum Gasteiger partial charge on any atom is -0.593 e. The molecule has 0 fully saturated rings. The Morgan fingerprint density at radius 2 is 1.78 bits per heavy atom. The molecule has 3 rings (SSSR count). The van der Waals surface area contributed by atoms with Gasteiger partial charge >= 0.3 is 6.18 Å². The maximum Gasteiger partial charge on any atom is 0.416 e. The largest absolute Gasteiger partial charge is 0.593 e. The van der Waals surface area contributed by atoms with E-state index >= 15 is 0 Å². The van der Waals surface area contributed by atoms with Gasteiger partial charge in [-0.3, -0.25) is 0 Å². The molecule has 1 aliphatic heterocycles. The van der Waals surface area contributed by atoms with Gasteiger partial charge in [0.05, 0.1) is 23.5 Å². The molecule has 1 unspecified atom stereocenters. The number of hydrogen-bond acceptors (Lipinski definition) is 3. The second-order valence-electron chi connectivity index (χ2n) is 6.47. The van der Waals surface area contributed by atoms with E-state index in [1.165, 1.54) is 12.1 Å². The maximum atomic E-state index is 13.0. The predicted molar refractivity (Wildman–Crippen MR) is 99.9 cm³/mol. The van der Waals surface area contributed by atoms with Crippen LogP contribution < -0.4 is 4.74 Å². The first-order chi connectivity index (χ1) is 12.9. The van der Waals surface area contributed by atoms with E-state index in [1.807, 2.05) is 4.31 Å². The second-order valence-corrected chi connectivity index (χ2v) is 7.92. The van der Waals surface area contributed by atoms with Crippen molar-refractivity contribution in [1.29, 1.82) is 0 Å². The molecule has 2 aromatic rings. The van der Waals surface area contributed by atoms with Crippen molar-refractivity contribution in [2.45, 2.75) is 37.3 Å². The summed E-state index contributed by atoms with van der Waals surface area (Å²) in [5, 5.41) is 0. The van der Waals surface area contributed by atoms with Gasteiger partial charge in [0.1, 0.15) is 6.61 Å². The van der Waals surface area contributed by atoms with Crippen LogP contribution in [0.2, 0.25) is 0 Å². The highest BCUT2D eigenvalue weighted by molar-refractivity contribution is 7.89. The summed E-state index contributed by atoms with van der Waals surface area (Å²) in [4.78, 5) is 0.571. The topological polar surface area (TPSA) is 35.5 Å². The minimum atomic E-state index is -4.36. The summed E-state index contributed by atoms with van der Waals surface area (Å²) in [6.45, 7) is 3.90. The lowest BCUT2D eigenvalue weighted by Crippen LogP contribution is -2.33. The van der Waals surface area contributed by atoms with Gasteiger partial charge in [-0.1, -0.05) is 38.0 Å². The van der Waals surface area contributed by atoms with Crippen LogP contribution >= 0.6 is 0 Å². The second kappa shape index (κ2) is 8.54. The van der Waals surface area contributed by atoms with Crippen molar-refractivity contribution in [3.63, 3.8) is 0 Å². The summed E-state index contributed by atoms with van der Waals surface area (Å²) in [5.41, 5.74) is 0.675. The standard InChI is InChI=1S/C20H22F3NO2S/c1-2-3-4-11-24-12-13-26-18-10-7-16(14-19(18)27(24)25)15-5-8-17(9-6-15)20(21,22)23/h5-10,14H,2-4,11-13H2,1H3. The van der Waals surface area contributed by atoms with Gasteiger partial charge in [0.25, 0.3) is 0 Å². The molecule has 3 nitrogen and oxygen atoms in total. The van der Waals surface area contributed by atoms with Crippen LogP contribution in [0.1, 0.15) is 31.7 Å². The summed E-state index contributed by atoms with van der Waals surface area (Å²) in [6.07, 6.45) is -1.23. The van der Waals surface area contributed by atoms with Gasteiger partial charge < -0.3 is 9.29 Å². The van der Waals surface area contributed by atoms with E-state index in [9.17, 15) is 17.7 Å². The third kappa shape index (κ3) is 4.78. The van der Waals surface area contributed by atoms with Gasteiger partial charge in [-0.15, -0.1) is 4.31 Å². The van der Waals surface area contributed by atoms with E-state index < -0.39 is 23.1 Å². The molecule has 0 spiro atoms. The van der Waals surface area contributed by atoms with Crippen LogP contribution in [-0.2, 0) is 17.5 Å². The van der Waals surface area contributed by atoms with Crippen molar-refractivity contribution in [2.24, 2.45) is 0 Å². The number of benzene rings is 2. The third-order valence-corrected chi connectivity index (χ3v) is 6.05. The van der Waals surface area contributed by atoms with Crippen molar-refractivity contribution in [1.82, 2.24) is 4.31 Å². The molecular formula is C20H22F3NO2S. The lowest BCUT2D eigenvalue weighted by atomic mass is 10.0. The van der Waals surface area contributed by atoms with Crippen LogP contribution in [0.4, 0.5) is 13.2 Å². The molecule has 0 amide bonds. The van der Waals surface area contributed by atoms with Gasteiger partial charge in [-0.25, -0.2) is 0 Å². The summed E-state index contributed by atoms with van der Waals surface area (Å²) in [6, 6.07) is 10.3. The molecule has 2 aromatic carbocycles. The van der Waals surface area contributed by atoms with Gasteiger partial charge in [0, 0.05) is 12.6 Å². The van der Waals surface area contributed by atoms with Gasteiger partial charge in [-0.05, 0) is 35.7 Å². The molecule has 1 aliphatic rings. The fourth-order valence-electron chi connectivity index (χ4n) is 3.01. The molecule has 0 aromatic heterocycles. The number of fused-ring (bicyclic) bond motifs is 1. The van der Waals surface area contributed by atoms with E-state index in [2.05, 4.69) is 6.92 Å². The molecule has 0 bridgehead atoms. The zero-order valence-electron chi connectivity index (χ0n) is 15.1. The minimum absolute atomic E-state index is 0.463. The number of ether oxygens (including phenoxy) is 1.